The molecule has 112 valence electrons. The van der Waals surface area contributed by atoms with Gasteiger partial charge in [0.25, 0.3) is 5.91 Å². The van der Waals surface area contributed by atoms with E-state index in [9.17, 15) is 14.4 Å². The quantitative estimate of drug-likeness (QED) is 0.617. The second-order valence-corrected chi connectivity index (χ2v) is 5.62. The first-order chi connectivity index (χ1) is 10.0. The second-order valence-electron chi connectivity index (χ2n) is 5.18. The van der Waals surface area contributed by atoms with Gasteiger partial charge in [0, 0.05) is 17.3 Å². The lowest BCUT2D eigenvalue weighted by Crippen LogP contribution is -2.46. The number of amides is 2. The van der Waals surface area contributed by atoms with Crippen LogP contribution in [0.1, 0.15) is 19.8 Å². The average Bonchev–Trinajstić information content (AvgIpc) is 3.30. The molecule has 2 amide bonds. The van der Waals surface area contributed by atoms with Crippen LogP contribution in [0.4, 0.5) is 5.69 Å². The molecule has 6 heteroatoms. The molecule has 2 rings (SSSR count). The van der Waals surface area contributed by atoms with Crippen LogP contribution in [0, 0.1) is 5.92 Å². The number of hydrogen-bond donors (Lipinski definition) is 1. The summed E-state index contributed by atoms with van der Waals surface area (Å²) in [5.41, 5.74) is 0.519. The summed E-state index contributed by atoms with van der Waals surface area (Å²) in [5, 5.41) is 3.15. The van der Waals surface area contributed by atoms with Crippen LogP contribution < -0.4 is 10.2 Å². The van der Waals surface area contributed by atoms with Crippen molar-refractivity contribution in [1.29, 1.82) is 0 Å². The Labute approximate surface area is 128 Å². The van der Waals surface area contributed by atoms with Gasteiger partial charge in [-0.1, -0.05) is 11.6 Å². The molecule has 1 aliphatic rings. The first-order valence-corrected chi connectivity index (χ1v) is 7.22. The first kappa shape index (κ1) is 15.5. The van der Waals surface area contributed by atoms with Crippen molar-refractivity contribution >= 4 is 35.4 Å². The number of hydrogen-bond acceptors (Lipinski definition) is 3. The highest BCUT2D eigenvalue weighted by Crippen LogP contribution is 2.27. The monoisotopic (exact) mass is 308 g/mol. The molecule has 1 saturated carbocycles. The number of Topliss-reactive ketones (excluding diaryl/α,β-unsaturated/α-hetero) is 1. The minimum Gasteiger partial charge on any atom is -0.349 e. The Morgan fingerprint density at radius 3 is 2.52 bits per heavy atom. The van der Waals surface area contributed by atoms with E-state index in [4.69, 9.17) is 11.6 Å². The zero-order valence-electron chi connectivity index (χ0n) is 11.7. The minimum atomic E-state index is -0.858. The third kappa shape index (κ3) is 4.04. The zero-order chi connectivity index (χ0) is 15.4. The Balaban J connectivity index is 2.02. The van der Waals surface area contributed by atoms with Gasteiger partial charge in [-0.2, -0.15) is 0 Å². The fourth-order valence-electron chi connectivity index (χ4n) is 1.95. The molecule has 0 spiro atoms. The number of carbonyl (C=O) groups is 3. The van der Waals surface area contributed by atoms with Crippen molar-refractivity contribution < 1.29 is 14.4 Å². The van der Waals surface area contributed by atoms with Crippen molar-refractivity contribution in [2.45, 2.75) is 25.8 Å². The molecule has 1 N–H and O–H groups in total. The molecule has 21 heavy (non-hydrogen) atoms. The van der Waals surface area contributed by atoms with Crippen molar-refractivity contribution in [3.63, 3.8) is 0 Å². The van der Waals surface area contributed by atoms with Gasteiger partial charge in [-0.15, -0.1) is 0 Å². The van der Waals surface area contributed by atoms with E-state index in [0.717, 1.165) is 12.8 Å². The molecular weight excluding hydrogens is 292 g/mol. The van der Waals surface area contributed by atoms with Gasteiger partial charge in [-0.25, -0.2) is 0 Å². The molecule has 0 heterocycles. The van der Waals surface area contributed by atoms with Crippen LogP contribution >= 0.6 is 11.6 Å². The fourth-order valence-corrected chi connectivity index (χ4v) is 2.08. The lowest BCUT2D eigenvalue weighted by molar-refractivity contribution is -0.138. The second kappa shape index (κ2) is 6.72. The molecule has 1 unspecified atom stereocenters. The summed E-state index contributed by atoms with van der Waals surface area (Å²) in [6.07, 6.45) is 2.73. The van der Waals surface area contributed by atoms with Gasteiger partial charge in [-0.05, 0) is 49.9 Å². The number of nitrogens with zero attached hydrogens (tertiary/aromatic N) is 1. The maximum atomic E-state index is 12.1. The normalized spacial score (nSPS) is 15.1. The molecule has 0 saturated heterocycles. The maximum absolute atomic E-state index is 12.1. The summed E-state index contributed by atoms with van der Waals surface area (Å²) >= 11 is 5.79. The highest BCUT2D eigenvalue weighted by Gasteiger charge is 2.29. The van der Waals surface area contributed by atoms with Gasteiger partial charge in [0.05, 0.1) is 0 Å². The molecule has 0 radical (unpaired) electrons. The summed E-state index contributed by atoms with van der Waals surface area (Å²) in [5.74, 6) is -0.775. The van der Waals surface area contributed by atoms with Gasteiger partial charge in [0.15, 0.2) is 0 Å². The summed E-state index contributed by atoms with van der Waals surface area (Å²) in [6.45, 7) is 2.06. The van der Waals surface area contributed by atoms with E-state index in [1.165, 1.54) is 11.8 Å². The first-order valence-electron chi connectivity index (χ1n) is 6.84. The third-order valence-electron chi connectivity index (χ3n) is 3.51. The molecule has 1 aromatic carbocycles. The lowest BCUT2D eigenvalue weighted by atomic mass is 10.1. The van der Waals surface area contributed by atoms with E-state index in [2.05, 4.69) is 5.32 Å². The predicted octanol–water partition coefficient (Wildman–Crippen LogP) is 1.79. The summed E-state index contributed by atoms with van der Waals surface area (Å²) < 4.78 is 0. The van der Waals surface area contributed by atoms with Crippen LogP contribution in [0.15, 0.2) is 24.3 Å². The number of nitrogens with one attached hydrogen (secondary N) is 1. The summed E-state index contributed by atoms with van der Waals surface area (Å²) in [7, 11) is 0. The Morgan fingerprint density at radius 2 is 2.00 bits per heavy atom. The topological polar surface area (TPSA) is 66.5 Å². The van der Waals surface area contributed by atoms with Crippen molar-refractivity contribution in [2.24, 2.45) is 5.92 Å². The van der Waals surface area contributed by atoms with Crippen molar-refractivity contribution in [3.05, 3.63) is 29.3 Å². The molecule has 0 bridgehead atoms. The van der Waals surface area contributed by atoms with Crippen molar-refractivity contribution in [2.75, 3.05) is 11.4 Å². The standard InChI is InChI=1S/C15H17ClN2O3/c1-10(14(20)15(21)17-8-11-2-3-11)18(9-19)13-6-4-12(16)5-7-13/h4-7,9-11H,2-3,8H2,1H3,(H,17,21). The van der Waals surface area contributed by atoms with E-state index in [0.29, 0.717) is 29.6 Å². The highest BCUT2D eigenvalue weighted by molar-refractivity contribution is 6.39. The SMILES string of the molecule is CC(C(=O)C(=O)NCC1CC1)N(C=O)c1ccc(Cl)cc1. The molecule has 1 atom stereocenters. The third-order valence-corrected chi connectivity index (χ3v) is 3.76. The number of ketones is 1. The smallest absolute Gasteiger partial charge is 0.289 e. The van der Waals surface area contributed by atoms with Gasteiger partial charge in [0.1, 0.15) is 6.04 Å². The van der Waals surface area contributed by atoms with Gasteiger partial charge in [-0.3, -0.25) is 14.4 Å². The fraction of sp³-hybridized carbons (Fsp3) is 0.400. The zero-order valence-corrected chi connectivity index (χ0v) is 12.5. The average molecular weight is 309 g/mol. The highest BCUT2D eigenvalue weighted by atomic mass is 35.5. The van der Waals surface area contributed by atoms with Gasteiger partial charge >= 0.3 is 0 Å². The van der Waals surface area contributed by atoms with E-state index in [1.807, 2.05) is 0 Å². The van der Waals surface area contributed by atoms with Gasteiger partial charge in [0.2, 0.25) is 12.2 Å². The number of rotatable bonds is 7. The Morgan fingerprint density at radius 1 is 1.38 bits per heavy atom. The van der Waals surface area contributed by atoms with Crippen LogP contribution in [0.5, 0.6) is 0 Å². The number of carbonyl (C=O) groups excluding carboxylic acids is 3. The number of anilines is 1. The van der Waals surface area contributed by atoms with Crippen LogP contribution in [-0.2, 0) is 14.4 Å². The van der Waals surface area contributed by atoms with Crippen LogP contribution in [-0.4, -0.2) is 30.7 Å². The van der Waals surface area contributed by atoms with E-state index in [-0.39, 0.29) is 0 Å². The number of halogens is 1. The molecule has 0 aromatic heterocycles. The van der Waals surface area contributed by atoms with Crippen LogP contribution in [0.3, 0.4) is 0 Å². The molecule has 5 nitrogen and oxygen atoms in total. The van der Waals surface area contributed by atoms with E-state index >= 15 is 0 Å². The Bertz CT molecular complexity index is 540. The summed E-state index contributed by atoms with van der Waals surface area (Å²) in [4.78, 5) is 36.3. The molecule has 1 aliphatic carbocycles. The molecule has 0 aliphatic heterocycles. The Hall–Kier alpha value is -1.88. The van der Waals surface area contributed by atoms with Crippen molar-refractivity contribution in [3.8, 4) is 0 Å². The van der Waals surface area contributed by atoms with E-state index in [1.54, 1.807) is 24.3 Å². The molecule has 1 aromatic rings. The Kier molecular flexibility index (Phi) is 4.96. The maximum Gasteiger partial charge on any atom is 0.289 e. The van der Waals surface area contributed by atoms with E-state index < -0.39 is 17.7 Å². The predicted molar refractivity (Wildman–Crippen MR) is 80.2 cm³/mol. The largest absolute Gasteiger partial charge is 0.349 e. The van der Waals surface area contributed by atoms with Crippen LogP contribution in [0.25, 0.3) is 0 Å². The van der Waals surface area contributed by atoms with Crippen LogP contribution in [0.2, 0.25) is 5.02 Å². The minimum absolute atomic E-state index is 0.496. The lowest BCUT2D eigenvalue weighted by Gasteiger charge is -2.23. The molecule has 1 fully saturated rings. The van der Waals surface area contributed by atoms with Crippen molar-refractivity contribution in [1.82, 2.24) is 5.32 Å². The summed E-state index contributed by atoms with van der Waals surface area (Å²) in [6, 6.07) is 5.64. The number of benzene rings is 1. The van der Waals surface area contributed by atoms with Gasteiger partial charge < -0.3 is 10.2 Å². The molecular formula is C15H17ClN2O3.